The smallest absolute Gasteiger partial charge is 0.191 e. The molecular weight excluding hydrogens is 483 g/mol. The number of hydrogen-bond acceptors (Lipinski definition) is 5. The van der Waals surface area contributed by atoms with Gasteiger partial charge in [0.2, 0.25) is 0 Å². The zero-order valence-corrected chi connectivity index (χ0v) is 20.7. The summed E-state index contributed by atoms with van der Waals surface area (Å²) in [5, 5.41) is 6.84. The fourth-order valence-electron chi connectivity index (χ4n) is 3.14. The quantitative estimate of drug-likeness (QED) is 0.214. The number of nitrogens with one attached hydrogen (secondary N) is 2. The number of ether oxygens (including phenoxy) is 3. The van der Waals surface area contributed by atoms with Crippen molar-refractivity contribution in [2.45, 2.75) is 32.7 Å². The van der Waals surface area contributed by atoms with Crippen LogP contribution in [0.25, 0.3) is 0 Å². The highest BCUT2D eigenvalue weighted by Crippen LogP contribution is 2.30. The lowest BCUT2D eigenvalue weighted by Crippen LogP contribution is -2.45. The molecule has 0 aliphatic carbocycles. The lowest BCUT2D eigenvalue weighted by molar-refractivity contribution is 0.128. The maximum Gasteiger partial charge on any atom is 0.191 e. The second-order valence-electron chi connectivity index (χ2n) is 7.44. The van der Waals surface area contributed by atoms with Gasteiger partial charge in [-0.1, -0.05) is 13.8 Å². The van der Waals surface area contributed by atoms with Crippen molar-refractivity contribution < 1.29 is 14.2 Å². The average Bonchev–Trinajstić information content (AvgIpc) is 3.17. The van der Waals surface area contributed by atoms with Crippen LogP contribution in [0.5, 0.6) is 11.5 Å². The first-order chi connectivity index (χ1) is 13.5. The van der Waals surface area contributed by atoms with Crippen molar-refractivity contribution in [3.05, 3.63) is 18.2 Å². The molecule has 0 saturated carbocycles. The maximum absolute atomic E-state index is 5.65. The predicted octanol–water partition coefficient (Wildman–Crippen LogP) is 3.13. The van der Waals surface area contributed by atoms with Gasteiger partial charge in [-0.25, -0.2) is 0 Å². The monoisotopic (exact) mass is 520 g/mol. The summed E-state index contributed by atoms with van der Waals surface area (Å²) in [6.45, 7) is 8.55. The lowest BCUT2D eigenvalue weighted by Gasteiger charge is -2.21. The summed E-state index contributed by atoms with van der Waals surface area (Å²) in [6.07, 6.45) is 2.14. The summed E-state index contributed by atoms with van der Waals surface area (Å²) >= 11 is 0. The molecule has 1 saturated heterocycles. The molecule has 0 spiro atoms. The first kappa shape index (κ1) is 25.6. The number of guanidine groups is 1. The molecule has 1 unspecified atom stereocenters. The highest BCUT2D eigenvalue weighted by atomic mass is 127. The zero-order chi connectivity index (χ0) is 20.4. The second-order valence-corrected chi connectivity index (χ2v) is 7.44. The Hall–Kier alpha value is -1.42. The Kier molecular flexibility index (Phi) is 12.1. The molecule has 1 aromatic rings. The molecule has 1 fully saturated rings. The Balaban J connectivity index is 0.00000420. The van der Waals surface area contributed by atoms with Crippen molar-refractivity contribution in [3.63, 3.8) is 0 Å². The van der Waals surface area contributed by atoms with Crippen LogP contribution >= 0.6 is 24.0 Å². The molecule has 1 atom stereocenters. The maximum atomic E-state index is 5.65. The largest absolute Gasteiger partial charge is 0.497 e. The molecule has 1 aliphatic rings. The van der Waals surface area contributed by atoms with Gasteiger partial charge in [-0.3, -0.25) is 4.99 Å². The van der Waals surface area contributed by atoms with E-state index in [2.05, 4.69) is 34.4 Å². The van der Waals surface area contributed by atoms with E-state index >= 15 is 0 Å². The minimum Gasteiger partial charge on any atom is -0.497 e. The number of halogens is 1. The van der Waals surface area contributed by atoms with Crippen LogP contribution in [0.4, 0.5) is 5.69 Å². The van der Waals surface area contributed by atoms with Gasteiger partial charge in [-0.05, 0) is 18.8 Å². The SMILES string of the molecule is CN=C(NCCOCCC(C)C)NC1CCN(c2cc(OC)cc(OC)c2)C1.I. The molecule has 7 nitrogen and oxygen atoms in total. The summed E-state index contributed by atoms with van der Waals surface area (Å²) in [5.74, 6) is 3.11. The molecular formula is C21H37IN4O3. The highest BCUT2D eigenvalue weighted by molar-refractivity contribution is 14.0. The topological polar surface area (TPSA) is 67.4 Å². The zero-order valence-electron chi connectivity index (χ0n) is 18.4. The molecule has 166 valence electrons. The van der Waals surface area contributed by atoms with Crippen molar-refractivity contribution in [2.24, 2.45) is 10.9 Å². The molecule has 1 heterocycles. The molecule has 2 rings (SSSR count). The fourth-order valence-corrected chi connectivity index (χ4v) is 3.14. The molecule has 29 heavy (non-hydrogen) atoms. The molecule has 0 aromatic heterocycles. The summed E-state index contributed by atoms with van der Waals surface area (Å²) < 4.78 is 16.4. The molecule has 1 aromatic carbocycles. The Morgan fingerprint density at radius 2 is 1.86 bits per heavy atom. The standard InChI is InChI=1S/C21H36N4O3.HI/c1-16(2)7-10-28-11-8-23-21(22-3)24-17-6-9-25(15-17)18-12-19(26-4)14-20(13-18)27-5;/h12-14,16-17H,6-11,15H2,1-5H3,(H2,22,23,24);1H. The summed E-state index contributed by atoms with van der Waals surface area (Å²) in [6, 6.07) is 6.33. The number of methoxy groups -OCH3 is 2. The van der Waals surface area contributed by atoms with Crippen molar-refractivity contribution >= 4 is 35.6 Å². The van der Waals surface area contributed by atoms with Gasteiger partial charge in [-0.2, -0.15) is 0 Å². The Morgan fingerprint density at radius 1 is 1.17 bits per heavy atom. The van der Waals surface area contributed by atoms with Gasteiger partial charge in [0.1, 0.15) is 11.5 Å². The van der Waals surface area contributed by atoms with E-state index in [0.29, 0.717) is 18.6 Å². The number of hydrogen-bond donors (Lipinski definition) is 2. The van der Waals surface area contributed by atoms with Crippen LogP contribution < -0.4 is 25.0 Å². The van der Waals surface area contributed by atoms with Crippen molar-refractivity contribution in [1.29, 1.82) is 0 Å². The van der Waals surface area contributed by atoms with Crippen LogP contribution in [-0.2, 0) is 4.74 Å². The Morgan fingerprint density at radius 3 is 2.45 bits per heavy atom. The van der Waals surface area contributed by atoms with Crippen molar-refractivity contribution in [1.82, 2.24) is 10.6 Å². The van der Waals surface area contributed by atoms with Gasteiger partial charge < -0.3 is 29.7 Å². The van der Waals surface area contributed by atoms with Gasteiger partial charge in [0, 0.05) is 63.2 Å². The van der Waals surface area contributed by atoms with Crippen LogP contribution in [-0.4, -0.2) is 66.1 Å². The van der Waals surface area contributed by atoms with E-state index in [0.717, 1.165) is 62.2 Å². The molecule has 1 aliphatic heterocycles. The summed E-state index contributed by atoms with van der Waals surface area (Å²) in [5.41, 5.74) is 1.11. The van der Waals surface area contributed by atoms with E-state index in [-0.39, 0.29) is 24.0 Å². The second kappa shape index (κ2) is 13.7. The summed E-state index contributed by atoms with van der Waals surface area (Å²) in [7, 11) is 5.15. The number of rotatable bonds is 10. The first-order valence-corrected chi connectivity index (χ1v) is 10.1. The molecule has 2 N–H and O–H groups in total. The van der Waals surface area contributed by atoms with Crippen LogP contribution in [0.1, 0.15) is 26.7 Å². The van der Waals surface area contributed by atoms with Gasteiger partial charge >= 0.3 is 0 Å². The predicted molar refractivity (Wildman–Crippen MR) is 130 cm³/mol. The van der Waals surface area contributed by atoms with Gasteiger partial charge in [0.25, 0.3) is 0 Å². The third-order valence-corrected chi connectivity index (χ3v) is 4.83. The molecule has 8 heteroatoms. The van der Waals surface area contributed by atoms with Gasteiger partial charge in [0.05, 0.1) is 20.8 Å². The number of nitrogens with zero attached hydrogens (tertiary/aromatic N) is 2. The molecule has 0 radical (unpaired) electrons. The number of benzene rings is 1. The van der Waals surface area contributed by atoms with Crippen LogP contribution in [0.2, 0.25) is 0 Å². The number of anilines is 1. The van der Waals surface area contributed by atoms with Crippen LogP contribution in [0.3, 0.4) is 0 Å². The van der Waals surface area contributed by atoms with E-state index in [1.54, 1.807) is 21.3 Å². The lowest BCUT2D eigenvalue weighted by atomic mass is 10.1. The normalized spacial score (nSPS) is 16.6. The third kappa shape index (κ3) is 8.86. The minimum absolute atomic E-state index is 0. The van der Waals surface area contributed by atoms with Crippen LogP contribution in [0.15, 0.2) is 23.2 Å². The van der Waals surface area contributed by atoms with Crippen LogP contribution in [0, 0.1) is 5.92 Å². The van der Waals surface area contributed by atoms with Gasteiger partial charge in [-0.15, -0.1) is 24.0 Å². The number of aliphatic imine (C=N–C) groups is 1. The van der Waals surface area contributed by atoms with E-state index in [9.17, 15) is 0 Å². The molecule has 0 bridgehead atoms. The first-order valence-electron chi connectivity index (χ1n) is 10.1. The van der Waals surface area contributed by atoms with Gasteiger partial charge in [0.15, 0.2) is 5.96 Å². The summed E-state index contributed by atoms with van der Waals surface area (Å²) in [4.78, 5) is 6.67. The fraction of sp³-hybridized carbons (Fsp3) is 0.667. The van der Waals surface area contributed by atoms with E-state index < -0.39 is 0 Å². The van der Waals surface area contributed by atoms with E-state index in [1.165, 1.54) is 0 Å². The van der Waals surface area contributed by atoms with E-state index in [4.69, 9.17) is 14.2 Å². The van der Waals surface area contributed by atoms with Crippen molar-refractivity contribution in [2.75, 3.05) is 59.0 Å². The van der Waals surface area contributed by atoms with E-state index in [1.807, 2.05) is 18.2 Å². The highest BCUT2D eigenvalue weighted by Gasteiger charge is 2.24. The Labute approximate surface area is 192 Å². The molecule has 0 amide bonds. The Bertz CT molecular complexity index is 606. The third-order valence-electron chi connectivity index (χ3n) is 4.83. The van der Waals surface area contributed by atoms with Crippen molar-refractivity contribution in [3.8, 4) is 11.5 Å². The average molecular weight is 520 g/mol. The minimum atomic E-state index is 0.